The molecule has 2 nitrogen and oxygen atoms in total. The van der Waals surface area contributed by atoms with E-state index < -0.39 is 0 Å². The topological polar surface area (TPSA) is 20.3 Å². The lowest BCUT2D eigenvalue weighted by Crippen LogP contribution is -2.34. The summed E-state index contributed by atoms with van der Waals surface area (Å²) in [5.74, 6) is 1.37. The normalized spacial score (nSPS) is 16.6. The first kappa shape index (κ1) is 21.7. The molecular formula is C22H43NO. The molecule has 0 bridgehead atoms. The Morgan fingerprint density at radius 3 is 1.83 bits per heavy atom. The Hall–Kier alpha value is -0.370. The highest BCUT2D eigenvalue weighted by molar-refractivity contribution is 5.78. The van der Waals surface area contributed by atoms with Gasteiger partial charge in [-0.15, -0.1) is 0 Å². The van der Waals surface area contributed by atoms with Gasteiger partial charge in [-0.05, 0) is 38.3 Å². The fraction of sp³-hybridized carbons (Fsp3) is 0.955. The summed E-state index contributed by atoms with van der Waals surface area (Å²) in [6.45, 7) is 8.02. The van der Waals surface area contributed by atoms with Gasteiger partial charge in [0.2, 0.25) is 0 Å². The van der Waals surface area contributed by atoms with Crippen molar-refractivity contribution in [2.24, 2.45) is 5.92 Å². The average Bonchev–Trinajstić information content (AvgIpc) is 2.59. The molecule has 0 aromatic heterocycles. The van der Waals surface area contributed by atoms with Crippen LogP contribution in [0.3, 0.4) is 0 Å². The van der Waals surface area contributed by atoms with E-state index in [0.717, 1.165) is 31.7 Å². The number of hydrogen-bond donors (Lipinski definition) is 0. The number of hydrogen-bond acceptors (Lipinski definition) is 2. The third-order valence-electron chi connectivity index (χ3n) is 5.64. The van der Waals surface area contributed by atoms with E-state index in [1.807, 2.05) is 0 Å². The minimum atomic E-state index is 0.490. The third kappa shape index (κ3) is 12.1. The van der Waals surface area contributed by atoms with E-state index in [1.165, 1.54) is 90.1 Å². The van der Waals surface area contributed by atoms with Crippen molar-refractivity contribution in [3.8, 4) is 0 Å². The van der Waals surface area contributed by atoms with Gasteiger partial charge in [0.15, 0.2) is 0 Å². The zero-order valence-corrected chi connectivity index (χ0v) is 16.7. The summed E-state index contributed by atoms with van der Waals surface area (Å²) in [5, 5.41) is 0. The molecule has 0 unspecified atom stereocenters. The third-order valence-corrected chi connectivity index (χ3v) is 5.64. The van der Waals surface area contributed by atoms with Gasteiger partial charge in [-0.2, -0.15) is 0 Å². The molecule has 1 rings (SSSR count). The van der Waals surface area contributed by atoms with Crippen molar-refractivity contribution in [2.75, 3.05) is 19.6 Å². The molecule has 1 heterocycles. The van der Waals surface area contributed by atoms with E-state index in [2.05, 4.69) is 18.7 Å². The van der Waals surface area contributed by atoms with Crippen molar-refractivity contribution in [2.45, 2.75) is 110 Å². The number of Topliss-reactive ketones (excluding diaryl/α,β-unsaturated/α-hetero) is 1. The van der Waals surface area contributed by atoms with Gasteiger partial charge >= 0.3 is 0 Å². The number of unbranched alkanes of at least 4 members (excludes halogenated alkanes) is 10. The van der Waals surface area contributed by atoms with E-state index in [1.54, 1.807) is 0 Å². The highest BCUT2D eigenvalue weighted by Gasteiger charge is 2.15. The maximum atomic E-state index is 12.0. The summed E-state index contributed by atoms with van der Waals surface area (Å²) in [6.07, 6.45) is 19.1. The van der Waals surface area contributed by atoms with Crippen LogP contribution in [-0.2, 0) is 4.79 Å². The highest BCUT2D eigenvalue weighted by Crippen LogP contribution is 2.16. The summed E-state index contributed by atoms with van der Waals surface area (Å²) >= 11 is 0. The van der Waals surface area contributed by atoms with E-state index in [9.17, 15) is 4.79 Å². The summed E-state index contributed by atoms with van der Waals surface area (Å²) in [5.41, 5.74) is 0. The number of piperidine rings is 1. The average molecular weight is 338 g/mol. The molecule has 0 N–H and O–H groups in total. The molecule has 0 radical (unpaired) electrons. The van der Waals surface area contributed by atoms with Crippen molar-refractivity contribution in [1.29, 1.82) is 0 Å². The van der Waals surface area contributed by atoms with Gasteiger partial charge in [0.1, 0.15) is 5.78 Å². The van der Waals surface area contributed by atoms with E-state index in [4.69, 9.17) is 0 Å². The van der Waals surface area contributed by atoms with Crippen LogP contribution in [0.2, 0.25) is 0 Å². The van der Waals surface area contributed by atoms with Crippen LogP contribution in [0.25, 0.3) is 0 Å². The van der Waals surface area contributed by atoms with Gasteiger partial charge in [0.05, 0.1) is 0 Å². The molecule has 0 atom stereocenters. The van der Waals surface area contributed by atoms with Crippen molar-refractivity contribution in [3.63, 3.8) is 0 Å². The van der Waals surface area contributed by atoms with Crippen LogP contribution in [0, 0.1) is 5.92 Å². The second-order valence-electron chi connectivity index (χ2n) is 8.10. The lowest BCUT2D eigenvalue weighted by Gasteiger charge is -2.29. The molecule has 1 saturated heterocycles. The van der Waals surface area contributed by atoms with Crippen molar-refractivity contribution in [3.05, 3.63) is 0 Å². The van der Waals surface area contributed by atoms with Crippen LogP contribution in [-0.4, -0.2) is 30.3 Å². The maximum Gasteiger partial charge on any atom is 0.134 e. The predicted molar refractivity (Wildman–Crippen MR) is 106 cm³/mol. The molecule has 24 heavy (non-hydrogen) atoms. The van der Waals surface area contributed by atoms with Gasteiger partial charge < -0.3 is 4.90 Å². The highest BCUT2D eigenvalue weighted by atomic mass is 16.1. The van der Waals surface area contributed by atoms with Gasteiger partial charge in [-0.1, -0.05) is 78.1 Å². The van der Waals surface area contributed by atoms with E-state index in [-0.39, 0.29) is 0 Å². The first-order chi connectivity index (χ1) is 11.7. The molecule has 0 saturated carbocycles. The number of carbonyl (C=O) groups is 1. The van der Waals surface area contributed by atoms with Crippen molar-refractivity contribution >= 4 is 5.78 Å². The Morgan fingerprint density at radius 2 is 1.29 bits per heavy atom. The lowest BCUT2D eigenvalue weighted by atomic mass is 9.99. The molecule has 1 fully saturated rings. The number of nitrogens with zero attached hydrogens (tertiary/aromatic N) is 1. The lowest BCUT2D eigenvalue weighted by molar-refractivity contribution is -0.119. The van der Waals surface area contributed by atoms with E-state index in [0.29, 0.717) is 5.78 Å². The van der Waals surface area contributed by atoms with Gasteiger partial charge in [-0.25, -0.2) is 0 Å². The Morgan fingerprint density at radius 1 is 0.792 bits per heavy atom. The molecule has 0 aromatic carbocycles. The van der Waals surface area contributed by atoms with Crippen LogP contribution < -0.4 is 0 Å². The van der Waals surface area contributed by atoms with Crippen LogP contribution in [0.15, 0.2) is 0 Å². The van der Waals surface area contributed by atoms with Gasteiger partial charge in [0.25, 0.3) is 0 Å². The van der Waals surface area contributed by atoms with Gasteiger partial charge in [0, 0.05) is 19.4 Å². The molecule has 0 spiro atoms. The van der Waals surface area contributed by atoms with Crippen molar-refractivity contribution < 1.29 is 4.79 Å². The molecule has 1 aliphatic rings. The Bertz CT molecular complexity index is 294. The second kappa shape index (κ2) is 14.9. The molecule has 1 aliphatic heterocycles. The zero-order chi connectivity index (χ0) is 17.5. The predicted octanol–water partition coefficient (Wildman–Crippen LogP) is 6.38. The monoisotopic (exact) mass is 337 g/mol. The fourth-order valence-electron chi connectivity index (χ4n) is 3.68. The molecule has 142 valence electrons. The number of likely N-dealkylation sites (tertiary alicyclic amines) is 1. The first-order valence-electron chi connectivity index (χ1n) is 11.0. The van der Waals surface area contributed by atoms with Crippen molar-refractivity contribution in [1.82, 2.24) is 4.90 Å². The largest absolute Gasteiger partial charge is 0.303 e. The van der Waals surface area contributed by atoms with Crippen LogP contribution in [0.4, 0.5) is 0 Å². The zero-order valence-electron chi connectivity index (χ0n) is 16.7. The van der Waals surface area contributed by atoms with Crippen LogP contribution >= 0.6 is 0 Å². The smallest absolute Gasteiger partial charge is 0.134 e. The van der Waals surface area contributed by atoms with Gasteiger partial charge in [-0.3, -0.25) is 4.79 Å². The van der Waals surface area contributed by atoms with E-state index >= 15 is 0 Å². The first-order valence-corrected chi connectivity index (χ1v) is 11.0. The Labute approximate surface area is 151 Å². The van der Waals surface area contributed by atoms with Crippen LogP contribution in [0.1, 0.15) is 110 Å². The summed E-state index contributed by atoms with van der Waals surface area (Å²) in [7, 11) is 0. The van der Waals surface area contributed by atoms with Crippen LogP contribution in [0.5, 0.6) is 0 Å². The molecule has 2 heteroatoms. The Balaban J connectivity index is 1.81. The quantitative estimate of drug-likeness (QED) is 0.323. The summed E-state index contributed by atoms with van der Waals surface area (Å²) in [4.78, 5) is 14.5. The summed E-state index contributed by atoms with van der Waals surface area (Å²) in [6, 6.07) is 0. The Kier molecular flexibility index (Phi) is 13.5. The minimum Gasteiger partial charge on any atom is -0.303 e. The minimum absolute atomic E-state index is 0.490. The SMILES string of the molecule is CCCCCCCCCCCCCC(=O)CCN1CCC(C)CC1. The molecule has 0 amide bonds. The fourth-order valence-corrected chi connectivity index (χ4v) is 3.68. The number of carbonyl (C=O) groups excluding carboxylic acids is 1. The molecule has 0 aliphatic carbocycles. The second-order valence-corrected chi connectivity index (χ2v) is 8.10. The number of rotatable bonds is 15. The maximum absolute atomic E-state index is 12.0. The standard InChI is InChI=1S/C22H43NO/c1-3-4-5-6-7-8-9-10-11-12-13-14-22(24)17-20-23-18-15-21(2)16-19-23/h21H,3-20H2,1-2H3. The molecule has 0 aromatic rings. The molecular weight excluding hydrogens is 294 g/mol. The summed E-state index contributed by atoms with van der Waals surface area (Å²) < 4.78 is 0. The number of ketones is 1.